The molecule has 2 heteroatoms. The Balaban J connectivity index is 1.94. The van der Waals surface area contributed by atoms with Gasteiger partial charge in [0.2, 0.25) is 0 Å². The lowest BCUT2D eigenvalue weighted by Crippen LogP contribution is -2.24. The molecule has 0 saturated carbocycles. The van der Waals surface area contributed by atoms with Gasteiger partial charge in [0.15, 0.2) is 0 Å². The second-order valence-corrected chi connectivity index (χ2v) is 5.79. The molecule has 0 amide bonds. The van der Waals surface area contributed by atoms with Crippen LogP contribution in [-0.2, 0) is 0 Å². The minimum Gasteiger partial charge on any atom is -0.505 e. The van der Waals surface area contributed by atoms with Crippen LogP contribution in [0, 0.1) is 5.92 Å². The molecule has 1 aliphatic heterocycles. The van der Waals surface area contributed by atoms with E-state index in [1.165, 1.54) is 5.56 Å². The standard InChI is InChI=1S/C17H17NO/c1-10-6-7-13-14-9-11-4-2-3-5-12(11)17(19)16(14)18-15(13)8-10/h2-7,9-10,13,15,18-19H,8H2,1H3/t10-,13?,15?/m0/s1. The van der Waals surface area contributed by atoms with Crippen LogP contribution in [0.2, 0.25) is 0 Å². The zero-order valence-corrected chi connectivity index (χ0v) is 10.9. The van der Waals surface area contributed by atoms with Crippen LogP contribution in [0.1, 0.15) is 24.8 Å². The summed E-state index contributed by atoms with van der Waals surface area (Å²) in [6, 6.07) is 10.7. The quantitative estimate of drug-likeness (QED) is 0.547. The lowest BCUT2D eigenvalue weighted by Gasteiger charge is -2.24. The van der Waals surface area contributed by atoms with Crippen molar-refractivity contribution in [3.8, 4) is 5.75 Å². The summed E-state index contributed by atoms with van der Waals surface area (Å²) >= 11 is 0. The molecule has 3 atom stereocenters. The van der Waals surface area contributed by atoms with Crippen LogP contribution >= 0.6 is 0 Å². The SMILES string of the molecule is C[C@H]1C=CC2c3cc4ccccc4c(O)c3NC2C1. The third kappa shape index (κ3) is 1.49. The maximum atomic E-state index is 10.5. The van der Waals surface area contributed by atoms with Crippen molar-refractivity contribution < 1.29 is 5.11 Å². The second-order valence-electron chi connectivity index (χ2n) is 5.79. The van der Waals surface area contributed by atoms with Crippen molar-refractivity contribution in [3.05, 3.63) is 48.0 Å². The Bertz CT molecular complexity index is 689. The molecule has 96 valence electrons. The lowest BCUT2D eigenvalue weighted by atomic mass is 9.83. The first-order valence-corrected chi connectivity index (χ1v) is 6.93. The number of phenols is 1. The number of aromatic hydroxyl groups is 1. The van der Waals surface area contributed by atoms with E-state index < -0.39 is 0 Å². The third-order valence-corrected chi connectivity index (χ3v) is 4.45. The van der Waals surface area contributed by atoms with Crippen LogP contribution in [0.15, 0.2) is 42.5 Å². The van der Waals surface area contributed by atoms with Gasteiger partial charge in [-0.1, -0.05) is 43.3 Å². The highest BCUT2D eigenvalue weighted by atomic mass is 16.3. The first kappa shape index (κ1) is 10.9. The Morgan fingerprint density at radius 1 is 1.21 bits per heavy atom. The molecule has 0 fully saturated rings. The molecule has 2 unspecified atom stereocenters. The molecule has 2 aliphatic rings. The van der Waals surface area contributed by atoms with Gasteiger partial charge in [-0.05, 0) is 29.4 Å². The molecule has 2 aromatic carbocycles. The Morgan fingerprint density at radius 3 is 2.95 bits per heavy atom. The minimum absolute atomic E-state index is 0.404. The predicted octanol–water partition coefficient (Wildman–Crippen LogP) is 4.02. The fourth-order valence-electron chi connectivity index (χ4n) is 3.49. The lowest BCUT2D eigenvalue weighted by molar-refractivity contribution is 0.482. The van der Waals surface area contributed by atoms with Gasteiger partial charge in [0.05, 0.1) is 5.69 Å². The topological polar surface area (TPSA) is 32.3 Å². The van der Waals surface area contributed by atoms with E-state index in [1.54, 1.807) is 0 Å². The summed E-state index contributed by atoms with van der Waals surface area (Å²) in [5, 5.41) is 16.1. The van der Waals surface area contributed by atoms with Crippen molar-refractivity contribution in [2.75, 3.05) is 5.32 Å². The van der Waals surface area contributed by atoms with Gasteiger partial charge in [-0.3, -0.25) is 0 Å². The van der Waals surface area contributed by atoms with Crippen LogP contribution in [0.5, 0.6) is 5.75 Å². The summed E-state index contributed by atoms with van der Waals surface area (Å²) < 4.78 is 0. The zero-order valence-electron chi connectivity index (χ0n) is 10.9. The number of hydrogen-bond acceptors (Lipinski definition) is 2. The number of benzene rings is 2. The van der Waals surface area contributed by atoms with Gasteiger partial charge in [-0.2, -0.15) is 0 Å². The molecule has 1 aliphatic carbocycles. The fourth-order valence-corrected chi connectivity index (χ4v) is 3.49. The van der Waals surface area contributed by atoms with Crippen molar-refractivity contribution in [1.82, 2.24) is 0 Å². The number of anilines is 1. The van der Waals surface area contributed by atoms with E-state index >= 15 is 0 Å². The Kier molecular flexibility index (Phi) is 2.16. The monoisotopic (exact) mass is 251 g/mol. The average Bonchev–Trinajstić information content (AvgIpc) is 2.77. The molecule has 0 saturated heterocycles. The van der Waals surface area contributed by atoms with Gasteiger partial charge in [0.25, 0.3) is 0 Å². The van der Waals surface area contributed by atoms with E-state index in [0.717, 1.165) is 22.9 Å². The van der Waals surface area contributed by atoms with E-state index in [4.69, 9.17) is 0 Å². The molecule has 2 aromatic rings. The second kappa shape index (κ2) is 3.77. The van der Waals surface area contributed by atoms with Crippen molar-refractivity contribution in [3.63, 3.8) is 0 Å². The van der Waals surface area contributed by atoms with Crippen LogP contribution in [0.3, 0.4) is 0 Å². The normalized spacial score (nSPS) is 27.9. The minimum atomic E-state index is 0.404. The Labute approximate surface area is 112 Å². The smallest absolute Gasteiger partial charge is 0.146 e. The Hall–Kier alpha value is -1.96. The van der Waals surface area contributed by atoms with E-state index in [1.807, 2.05) is 18.2 Å². The highest BCUT2D eigenvalue weighted by Gasteiger charge is 2.35. The number of nitrogens with one attached hydrogen (secondary N) is 1. The molecule has 0 radical (unpaired) electrons. The summed E-state index contributed by atoms with van der Waals surface area (Å²) in [5.74, 6) is 1.42. The summed E-state index contributed by atoms with van der Waals surface area (Å²) in [5.41, 5.74) is 2.18. The molecule has 4 rings (SSSR count). The van der Waals surface area contributed by atoms with Crippen LogP contribution in [-0.4, -0.2) is 11.1 Å². The largest absolute Gasteiger partial charge is 0.505 e. The van der Waals surface area contributed by atoms with Crippen LogP contribution in [0.4, 0.5) is 5.69 Å². The number of fused-ring (bicyclic) bond motifs is 4. The molecular weight excluding hydrogens is 234 g/mol. The van der Waals surface area contributed by atoms with E-state index in [0.29, 0.717) is 23.6 Å². The van der Waals surface area contributed by atoms with E-state index in [9.17, 15) is 5.11 Å². The molecule has 1 heterocycles. The van der Waals surface area contributed by atoms with Gasteiger partial charge in [0.1, 0.15) is 5.75 Å². The summed E-state index contributed by atoms with van der Waals surface area (Å²) in [6.45, 7) is 2.24. The predicted molar refractivity (Wildman–Crippen MR) is 78.7 cm³/mol. The van der Waals surface area contributed by atoms with Crippen molar-refractivity contribution >= 4 is 16.5 Å². The number of allylic oxidation sites excluding steroid dienone is 1. The van der Waals surface area contributed by atoms with Crippen LogP contribution in [0.25, 0.3) is 10.8 Å². The molecule has 2 N–H and O–H groups in total. The maximum absolute atomic E-state index is 10.5. The number of rotatable bonds is 0. The maximum Gasteiger partial charge on any atom is 0.146 e. The number of phenolic OH excluding ortho intramolecular Hbond substituents is 1. The van der Waals surface area contributed by atoms with Crippen LogP contribution < -0.4 is 5.32 Å². The molecule has 0 spiro atoms. The number of hydrogen-bond donors (Lipinski definition) is 2. The molecule has 0 bridgehead atoms. The van der Waals surface area contributed by atoms with Gasteiger partial charge in [0, 0.05) is 17.3 Å². The highest BCUT2D eigenvalue weighted by Crippen LogP contribution is 2.48. The zero-order chi connectivity index (χ0) is 13.0. The fraction of sp³-hybridized carbons (Fsp3) is 0.294. The van der Waals surface area contributed by atoms with Gasteiger partial charge in [-0.25, -0.2) is 0 Å². The third-order valence-electron chi connectivity index (χ3n) is 4.45. The molecule has 19 heavy (non-hydrogen) atoms. The summed E-state index contributed by atoms with van der Waals surface area (Å²) in [6.07, 6.45) is 5.72. The van der Waals surface area contributed by atoms with E-state index in [-0.39, 0.29) is 0 Å². The molecule has 0 aromatic heterocycles. The first-order valence-electron chi connectivity index (χ1n) is 6.93. The summed E-state index contributed by atoms with van der Waals surface area (Å²) in [4.78, 5) is 0. The summed E-state index contributed by atoms with van der Waals surface area (Å²) in [7, 11) is 0. The highest BCUT2D eigenvalue weighted by molar-refractivity contribution is 5.96. The Morgan fingerprint density at radius 2 is 2.05 bits per heavy atom. The molecular formula is C17H17NO. The first-order chi connectivity index (χ1) is 9.24. The van der Waals surface area contributed by atoms with Crippen molar-refractivity contribution in [2.45, 2.75) is 25.3 Å². The van der Waals surface area contributed by atoms with Gasteiger partial charge < -0.3 is 10.4 Å². The van der Waals surface area contributed by atoms with Gasteiger partial charge >= 0.3 is 0 Å². The van der Waals surface area contributed by atoms with Crippen molar-refractivity contribution in [2.24, 2.45) is 5.92 Å². The average molecular weight is 251 g/mol. The van der Waals surface area contributed by atoms with Gasteiger partial charge in [-0.15, -0.1) is 0 Å². The van der Waals surface area contributed by atoms with Crippen molar-refractivity contribution in [1.29, 1.82) is 0 Å². The molecule has 2 nitrogen and oxygen atoms in total. The van der Waals surface area contributed by atoms with E-state index in [2.05, 4.69) is 36.5 Å².